The van der Waals surface area contributed by atoms with Gasteiger partial charge < -0.3 is 15.1 Å². The molecule has 2 aromatic rings. The van der Waals surface area contributed by atoms with Crippen molar-refractivity contribution in [1.82, 2.24) is 9.62 Å². The van der Waals surface area contributed by atoms with E-state index in [0.717, 1.165) is 38.0 Å². The van der Waals surface area contributed by atoms with E-state index in [1.54, 1.807) is 12.1 Å². The van der Waals surface area contributed by atoms with E-state index >= 15 is 0 Å². The fourth-order valence-electron chi connectivity index (χ4n) is 4.83. The lowest BCUT2D eigenvalue weighted by molar-refractivity contribution is 0.0954. The van der Waals surface area contributed by atoms with Crippen molar-refractivity contribution in [3.8, 4) is 0 Å². The molecule has 0 radical (unpaired) electrons. The van der Waals surface area contributed by atoms with E-state index in [1.165, 1.54) is 42.1 Å². The highest BCUT2D eigenvalue weighted by molar-refractivity contribution is 7.89. The van der Waals surface area contributed by atoms with E-state index in [9.17, 15) is 13.2 Å². The molecule has 178 valence electrons. The van der Waals surface area contributed by atoms with Crippen molar-refractivity contribution in [3.05, 3.63) is 53.6 Å². The van der Waals surface area contributed by atoms with Gasteiger partial charge in [0, 0.05) is 57.7 Å². The number of sulfonamides is 1. The fraction of sp³-hybridized carbons (Fsp3) is 0.480. The normalized spacial score (nSPS) is 18.5. The third kappa shape index (κ3) is 4.87. The maximum absolute atomic E-state index is 13.3. The Morgan fingerprint density at radius 1 is 1.06 bits per heavy atom. The average molecular weight is 471 g/mol. The van der Waals surface area contributed by atoms with Gasteiger partial charge in [-0.25, -0.2) is 12.7 Å². The summed E-state index contributed by atoms with van der Waals surface area (Å²) in [5, 5.41) is 3.05. The predicted octanol–water partition coefficient (Wildman–Crippen LogP) is 3.11. The van der Waals surface area contributed by atoms with Gasteiger partial charge in [0.05, 0.1) is 10.5 Å². The number of piperidine rings is 1. The summed E-state index contributed by atoms with van der Waals surface area (Å²) in [5.41, 5.74) is 3.80. The van der Waals surface area contributed by atoms with Crippen LogP contribution in [-0.2, 0) is 16.4 Å². The van der Waals surface area contributed by atoms with Gasteiger partial charge in [0.25, 0.3) is 5.91 Å². The van der Waals surface area contributed by atoms with Crippen LogP contribution in [0.5, 0.6) is 0 Å². The van der Waals surface area contributed by atoms with Gasteiger partial charge in [0.1, 0.15) is 0 Å². The zero-order chi connectivity index (χ0) is 23.6. The smallest absolute Gasteiger partial charge is 0.253 e. The van der Waals surface area contributed by atoms with Crippen LogP contribution in [-0.4, -0.2) is 64.9 Å². The molecule has 2 heterocycles. The van der Waals surface area contributed by atoms with Crippen molar-refractivity contribution >= 4 is 27.3 Å². The summed E-state index contributed by atoms with van der Waals surface area (Å²) in [6.07, 6.45) is 4.34. The maximum atomic E-state index is 13.3. The van der Waals surface area contributed by atoms with Crippen LogP contribution in [0.4, 0.5) is 11.4 Å². The number of nitrogens with one attached hydrogen (secondary N) is 1. The minimum absolute atomic E-state index is 0.139. The summed E-state index contributed by atoms with van der Waals surface area (Å²) in [6.45, 7) is 5.15. The number of carbonyl (C=O) groups is 1. The highest BCUT2D eigenvalue weighted by Gasteiger charge is 2.26. The van der Waals surface area contributed by atoms with E-state index < -0.39 is 10.0 Å². The summed E-state index contributed by atoms with van der Waals surface area (Å²) in [6, 6.07) is 13.7. The zero-order valence-electron chi connectivity index (χ0n) is 19.8. The first kappa shape index (κ1) is 23.6. The topological polar surface area (TPSA) is 73.0 Å². The third-order valence-electron chi connectivity index (χ3n) is 6.67. The summed E-state index contributed by atoms with van der Waals surface area (Å²) in [7, 11) is -0.623. The number of para-hydroxylation sites is 1. The number of anilines is 2. The number of hydrogen-bond acceptors (Lipinski definition) is 5. The highest BCUT2D eigenvalue weighted by Crippen LogP contribution is 2.31. The third-order valence-corrected chi connectivity index (χ3v) is 8.49. The van der Waals surface area contributed by atoms with E-state index in [2.05, 4.69) is 40.2 Å². The minimum atomic E-state index is -3.63. The van der Waals surface area contributed by atoms with Crippen molar-refractivity contribution in [2.75, 3.05) is 50.1 Å². The molecule has 2 aliphatic rings. The molecule has 1 atom stereocenters. The first-order valence-electron chi connectivity index (χ1n) is 11.7. The Balaban J connectivity index is 1.53. The lowest BCUT2D eigenvalue weighted by Gasteiger charge is -2.31. The molecule has 1 saturated heterocycles. The number of fused-ring (bicyclic) bond motifs is 1. The second-order valence-corrected chi connectivity index (χ2v) is 11.3. The fourth-order valence-corrected chi connectivity index (χ4v) is 5.76. The Labute approximate surface area is 197 Å². The molecule has 7 nitrogen and oxygen atoms in total. The van der Waals surface area contributed by atoms with Gasteiger partial charge in [0.15, 0.2) is 0 Å². The highest BCUT2D eigenvalue weighted by atomic mass is 32.2. The summed E-state index contributed by atoms with van der Waals surface area (Å²) < 4.78 is 26.6. The number of benzene rings is 2. The van der Waals surface area contributed by atoms with Gasteiger partial charge >= 0.3 is 0 Å². The molecular formula is C25H34N4O3S. The lowest BCUT2D eigenvalue weighted by Crippen LogP contribution is -2.38. The summed E-state index contributed by atoms with van der Waals surface area (Å²) in [5.74, 6) is -0.230. The van der Waals surface area contributed by atoms with Crippen LogP contribution >= 0.6 is 0 Å². The molecule has 2 aliphatic heterocycles. The van der Waals surface area contributed by atoms with Crippen molar-refractivity contribution in [3.63, 3.8) is 0 Å². The number of amides is 1. The predicted molar refractivity (Wildman–Crippen MR) is 133 cm³/mol. The van der Waals surface area contributed by atoms with Gasteiger partial charge in [-0.3, -0.25) is 4.79 Å². The van der Waals surface area contributed by atoms with Gasteiger partial charge in [-0.2, -0.15) is 0 Å². The second-order valence-electron chi connectivity index (χ2n) is 9.15. The van der Waals surface area contributed by atoms with E-state index in [1.807, 2.05) is 6.07 Å². The van der Waals surface area contributed by atoms with Gasteiger partial charge in [-0.1, -0.05) is 18.2 Å². The molecular weight excluding hydrogens is 436 g/mol. The second kappa shape index (κ2) is 9.73. The van der Waals surface area contributed by atoms with Gasteiger partial charge in [0.2, 0.25) is 10.0 Å². The molecule has 0 bridgehead atoms. The Hall–Kier alpha value is -2.58. The maximum Gasteiger partial charge on any atom is 0.253 e. The molecule has 0 aromatic heterocycles. The van der Waals surface area contributed by atoms with E-state index in [-0.39, 0.29) is 10.8 Å². The molecule has 8 heteroatoms. The van der Waals surface area contributed by atoms with Crippen LogP contribution < -0.4 is 15.1 Å². The lowest BCUT2D eigenvalue weighted by atomic mass is 10.1. The molecule has 1 fully saturated rings. The molecule has 1 unspecified atom stereocenters. The molecule has 1 N–H and O–H groups in total. The Bertz CT molecular complexity index is 1110. The first-order chi connectivity index (χ1) is 15.8. The molecule has 33 heavy (non-hydrogen) atoms. The van der Waals surface area contributed by atoms with E-state index in [4.69, 9.17) is 0 Å². The molecule has 0 spiro atoms. The number of hydrogen-bond donors (Lipinski definition) is 1. The Morgan fingerprint density at radius 3 is 2.52 bits per heavy atom. The SMILES string of the molecule is CC1Cc2ccccc2N1CCNC(=O)c1cc(S(=O)(=O)N(C)C)ccc1N1CCCCC1. The van der Waals surface area contributed by atoms with Crippen LogP contribution in [0.1, 0.15) is 42.1 Å². The van der Waals surface area contributed by atoms with E-state index in [0.29, 0.717) is 24.7 Å². The van der Waals surface area contributed by atoms with Crippen LogP contribution in [0, 0.1) is 0 Å². The summed E-state index contributed by atoms with van der Waals surface area (Å²) in [4.78, 5) is 18.0. The minimum Gasteiger partial charge on any atom is -0.371 e. The van der Waals surface area contributed by atoms with Gasteiger partial charge in [-0.15, -0.1) is 0 Å². The average Bonchev–Trinajstić information content (AvgIpc) is 3.14. The number of nitrogens with zero attached hydrogens (tertiary/aromatic N) is 3. The summed E-state index contributed by atoms with van der Waals surface area (Å²) >= 11 is 0. The van der Waals surface area contributed by atoms with Crippen LogP contribution in [0.15, 0.2) is 47.4 Å². The monoisotopic (exact) mass is 470 g/mol. The molecule has 0 aliphatic carbocycles. The molecule has 2 aromatic carbocycles. The van der Waals surface area contributed by atoms with Crippen molar-refractivity contribution in [1.29, 1.82) is 0 Å². The quantitative estimate of drug-likeness (QED) is 0.673. The largest absolute Gasteiger partial charge is 0.371 e. The van der Waals surface area contributed by atoms with Gasteiger partial charge in [-0.05, 0) is 62.4 Å². The van der Waals surface area contributed by atoms with Crippen LogP contribution in [0.2, 0.25) is 0 Å². The van der Waals surface area contributed by atoms with Crippen molar-refractivity contribution in [2.45, 2.75) is 43.5 Å². The molecule has 1 amide bonds. The van der Waals surface area contributed by atoms with Crippen molar-refractivity contribution in [2.24, 2.45) is 0 Å². The Morgan fingerprint density at radius 2 is 1.79 bits per heavy atom. The molecule has 4 rings (SSSR count). The number of rotatable bonds is 7. The number of carbonyl (C=O) groups excluding carboxylic acids is 1. The van der Waals surface area contributed by atoms with Crippen molar-refractivity contribution < 1.29 is 13.2 Å². The van der Waals surface area contributed by atoms with Crippen LogP contribution in [0.25, 0.3) is 0 Å². The Kier molecular flexibility index (Phi) is 6.95. The first-order valence-corrected chi connectivity index (χ1v) is 13.2. The standard InChI is InChI=1S/C25H34N4O3S/c1-19-17-20-9-5-6-10-23(20)29(19)16-13-26-25(30)22-18-21(33(31,32)27(2)3)11-12-24(22)28-14-7-4-8-15-28/h5-6,9-12,18-19H,4,7-8,13-17H2,1-3H3,(H,26,30). The zero-order valence-corrected chi connectivity index (χ0v) is 20.6. The van der Waals surface area contributed by atoms with Crippen LogP contribution in [0.3, 0.4) is 0 Å². The molecule has 0 saturated carbocycles.